The Labute approximate surface area is 143 Å². The van der Waals surface area contributed by atoms with E-state index in [1.807, 2.05) is 36.4 Å². The Morgan fingerprint density at radius 2 is 1.79 bits per heavy atom. The number of fused-ring (bicyclic) bond motifs is 3. The van der Waals surface area contributed by atoms with Crippen molar-refractivity contribution in [2.75, 3.05) is 0 Å². The Kier molecular flexibility index (Phi) is 3.62. The van der Waals surface area contributed by atoms with Gasteiger partial charge in [0.1, 0.15) is 11.6 Å². The molecule has 1 aliphatic rings. The van der Waals surface area contributed by atoms with Crippen molar-refractivity contribution in [1.29, 1.82) is 0 Å². The number of benzene rings is 3. The van der Waals surface area contributed by atoms with Gasteiger partial charge in [0, 0.05) is 22.4 Å². The van der Waals surface area contributed by atoms with Gasteiger partial charge in [0.2, 0.25) is 5.78 Å². The second-order valence-electron chi connectivity index (χ2n) is 5.78. The highest BCUT2D eigenvalue weighted by atomic mass is 32.1. The van der Waals surface area contributed by atoms with Crippen LogP contribution in [0.3, 0.4) is 0 Å². The van der Waals surface area contributed by atoms with Crippen LogP contribution >= 0.6 is 12.2 Å². The first kappa shape index (κ1) is 15.0. The van der Waals surface area contributed by atoms with E-state index in [2.05, 4.69) is 0 Å². The molecule has 4 heteroatoms. The molecule has 3 aromatic rings. The fraction of sp³-hybridized carbons (Fsp3) is 0.100. The zero-order chi connectivity index (χ0) is 16.7. The van der Waals surface area contributed by atoms with Crippen molar-refractivity contribution in [2.24, 2.45) is 0 Å². The molecule has 0 saturated heterocycles. The van der Waals surface area contributed by atoms with E-state index in [0.717, 1.165) is 16.3 Å². The molecule has 4 rings (SSSR count). The third-order valence-electron chi connectivity index (χ3n) is 4.25. The number of ether oxygens (including phenoxy) is 1. The largest absolute Gasteiger partial charge is 0.477 e. The van der Waals surface area contributed by atoms with Crippen LogP contribution in [0.4, 0.5) is 4.39 Å². The average Bonchev–Trinajstić information content (AvgIpc) is 2.61. The Balaban J connectivity index is 1.71. The maximum atomic E-state index is 13.0. The molecule has 1 heterocycles. The molecule has 1 atom stereocenters. The monoisotopic (exact) mass is 336 g/mol. The number of carbonyl (C=O) groups excluding carboxylic acids is 1. The standard InChI is InChI=1S/C20H13FO2S/c21-14-8-5-13(6-9-14)19(22)20-18(24)11-16-15-4-2-1-3-12(15)7-10-17(16)23-20/h1-10,20H,11H2. The number of halogens is 1. The molecule has 3 aromatic carbocycles. The van der Waals surface area contributed by atoms with Crippen LogP contribution in [0.5, 0.6) is 5.75 Å². The van der Waals surface area contributed by atoms with Crippen LogP contribution in [0.25, 0.3) is 10.8 Å². The minimum atomic E-state index is -0.806. The van der Waals surface area contributed by atoms with Gasteiger partial charge in [0.05, 0.1) is 0 Å². The second-order valence-corrected chi connectivity index (χ2v) is 6.30. The van der Waals surface area contributed by atoms with Gasteiger partial charge in [-0.25, -0.2) is 4.39 Å². The normalized spacial score (nSPS) is 16.5. The fourth-order valence-corrected chi connectivity index (χ4v) is 3.33. The topological polar surface area (TPSA) is 26.3 Å². The first-order valence-corrected chi connectivity index (χ1v) is 8.04. The predicted octanol–water partition coefficient (Wildman–Crippen LogP) is 4.54. The van der Waals surface area contributed by atoms with E-state index in [0.29, 0.717) is 22.6 Å². The second kappa shape index (κ2) is 5.80. The van der Waals surface area contributed by atoms with Crippen LogP contribution in [-0.4, -0.2) is 16.8 Å². The van der Waals surface area contributed by atoms with Gasteiger partial charge in [-0.15, -0.1) is 0 Å². The van der Waals surface area contributed by atoms with Crippen LogP contribution in [0.1, 0.15) is 15.9 Å². The molecule has 118 valence electrons. The summed E-state index contributed by atoms with van der Waals surface area (Å²) in [6, 6.07) is 17.3. The first-order chi connectivity index (χ1) is 11.6. The summed E-state index contributed by atoms with van der Waals surface area (Å²) >= 11 is 5.45. The van der Waals surface area contributed by atoms with Gasteiger partial charge < -0.3 is 4.74 Å². The Morgan fingerprint density at radius 3 is 2.58 bits per heavy atom. The molecular weight excluding hydrogens is 323 g/mol. The molecule has 0 radical (unpaired) electrons. The van der Waals surface area contributed by atoms with E-state index in [1.165, 1.54) is 24.3 Å². The Hall–Kier alpha value is -2.59. The van der Waals surface area contributed by atoms with Gasteiger partial charge in [-0.2, -0.15) is 0 Å². The lowest BCUT2D eigenvalue weighted by atomic mass is 9.93. The van der Waals surface area contributed by atoms with Gasteiger partial charge in [0.25, 0.3) is 0 Å². The van der Waals surface area contributed by atoms with Gasteiger partial charge >= 0.3 is 0 Å². The molecule has 0 amide bonds. The van der Waals surface area contributed by atoms with Crippen molar-refractivity contribution in [3.8, 4) is 5.75 Å². The zero-order valence-electron chi connectivity index (χ0n) is 12.7. The van der Waals surface area contributed by atoms with Crippen LogP contribution < -0.4 is 4.74 Å². The lowest BCUT2D eigenvalue weighted by molar-refractivity contribution is 0.0866. The summed E-state index contributed by atoms with van der Waals surface area (Å²) in [6.07, 6.45) is -0.289. The number of hydrogen-bond donors (Lipinski definition) is 0. The molecule has 0 aliphatic carbocycles. The van der Waals surface area contributed by atoms with Crippen molar-refractivity contribution < 1.29 is 13.9 Å². The molecule has 1 aliphatic heterocycles. The lowest BCUT2D eigenvalue weighted by Crippen LogP contribution is -2.39. The van der Waals surface area contributed by atoms with Crippen molar-refractivity contribution in [3.63, 3.8) is 0 Å². The summed E-state index contributed by atoms with van der Waals surface area (Å²) in [4.78, 5) is 13.2. The summed E-state index contributed by atoms with van der Waals surface area (Å²) < 4.78 is 19.0. The quantitative estimate of drug-likeness (QED) is 0.508. The number of Topliss-reactive ketones (excluding diaryl/α,β-unsaturated/α-hetero) is 1. The molecule has 0 bridgehead atoms. The van der Waals surface area contributed by atoms with Gasteiger partial charge in [-0.1, -0.05) is 42.5 Å². The number of carbonyl (C=O) groups is 1. The summed E-state index contributed by atoms with van der Waals surface area (Å²) in [5, 5.41) is 2.20. The summed E-state index contributed by atoms with van der Waals surface area (Å²) in [5.74, 6) is 0.0667. The molecule has 2 nitrogen and oxygen atoms in total. The number of ketones is 1. The highest BCUT2D eigenvalue weighted by Crippen LogP contribution is 2.34. The molecule has 0 spiro atoms. The van der Waals surface area contributed by atoms with Gasteiger partial charge in [-0.3, -0.25) is 4.79 Å². The maximum Gasteiger partial charge on any atom is 0.208 e. The molecule has 0 fully saturated rings. The number of rotatable bonds is 2. The van der Waals surface area contributed by atoms with E-state index in [-0.39, 0.29) is 11.6 Å². The van der Waals surface area contributed by atoms with E-state index >= 15 is 0 Å². The summed E-state index contributed by atoms with van der Waals surface area (Å²) in [6.45, 7) is 0. The van der Waals surface area contributed by atoms with E-state index < -0.39 is 6.10 Å². The minimum absolute atomic E-state index is 0.237. The lowest BCUT2D eigenvalue weighted by Gasteiger charge is -2.27. The molecule has 0 aromatic heterocycles. The fourth-order valence-electron chi connectivity index (χ4n) is 3.03. The smallest absolute Gasteiger partial charge is 0.208 e. The Bertz CT molecular complexity index is 963. The average molecular weight is 336 g/mol. The molecule has 0 N–H and O–H groups in total. The molecule has 0 saturated carbocycles. The third-order valence-corrected chi connectivity index (χ3v) is 4.61. The van der Waals surface area contributed by atoms with Crippen LogP contribution in [0.15, 0.2) is 60.7 Å². The van der Waals surface area contributed by atoms with E-state index in [9.17, 15) is 9.18 Å². The number of hydrogen-bond acceptors (Lipinski definition) is 3. The predicted molar refractivity (Wildman–Crippen MR) is 95.4 cm³/mol. The summed E-state index contributed by atoms with van der Waals surface area (Å²) in [5.41, 5.74) is 1.41. The molecule has 1 unspecified atom stereocenters. The maximum absolute atomic E-state index is 13.0. The third kappa shape index (κ3) is 2.49. The Morgan fingerprint density at radius 1 is 1.04 bits per heavy atom. The number of thiocarbonyl (C=S) groups is 1. The molecular formula is C20H13FO2S. The van der Waals surface area contributed by atoms with Crippen LogP contribution in [0, 0.1) is 5.82 Å². The van der Waals surface area contributed by atoms with Crippen molar-refractivity contribution >= 4 is 33.6 Å². The van der Waals surface area contributed by atoms with Crippen molar-refractivity contribution in [2.45, 2.75) is 12.5 Å². The minimum Gasteiger partial charge on any atom is -0.477 e. The van der Waals surface area contributed by atoms with E-state index in [4.69, 9.17) is 17.0 Å². The molecule has 24 heavy (non-hydrogen) atoms. The first-order valence-electron chi connectivity index (χ1n) is 7.63. The van der Waals surface area contributed by atoms with Crippen LogP contribution in [0.2, 0.25) is 0 Å². The SMILES string of the molecule is O=C(c1ccc(F)cc1)C1Oc2ccc3ccccc3c2CC1=S. The zero-order valence-corrected chi connectivity index (χ0v) is 13.5. The van der Waals surface area contributed by atoms with E-state index in [1.54, 1.807) is 0 Å². The van der Waals surface area contributed by atoms with Gasteiger partial charge in [0.15, 0.2) is 6.10 Å². The van der Waals surface area contributed by atoms with Crippen molar-refractivity contribution in [3.05, 3.63) is 77.6 Å². The van der Waals surface area contributed by atoms with Gasteiger partial charge in [-0.05, 0) is 41.1 Å². The highest BCUT2D eigenvalue weighted by molar-refractivity contribution is 7.80. The highest BCUT2D eigenvalue weighted by Gasteiger charge is 2.32. The summed E-state index contributed by atoms with van der Waals surface area (Å²) in [7, 11) is 0. The van der Waals surface area contributed by atoms with Crippen LogP contribution in [-0.2, 0) is 6.42 Å². The van der Waals surface area contributed by atoms with Crippen molar-refractivity contribution in [1.82, 2.24) is 0 Å².